The van der Waals surface area contributed by atoms with Crippen molar-refractivity contribution >= 4 is 40.5 Å². The van der Waals surface area contributed by atoms with Gasteiger partial charge >= 0.3 is 0 Å². The largest absolute Gasteiger partial charge is 0.497 e. The van der Waals surface area contributed by atoms with Gasteiger partial charge in [0.2, 0.25) is 0 Å². The van der Waals surface area contributed by atoms with Crippen LogP contribution in [0.1, 0.15) is 18.5 Å². The van der Waals surface area contributed by atoms with Crippen molar-refractivity contribution in [3.05, 3.63) is 64.3 Å². The Morgan fingerprint density at radius 1 is 1.18 bits per heavy atom. The van der Waals surface area contributed by atoms with Crippen LogP contribution in [-0.4, -0.2) is 25.2 Å². The molecule has 0 aliphatic carbocycles. The summed E-state index contributed by atoms with van der Waals surface area (Å²) in [5.41, 5.74) is 2.42. The first kappa shape index (κ1) is 20.0. The van der Waals surface area contributed by atoms with Crippen molar-refractivity contribution in [1.82, 2.24) is 10.6 Å². The summed E-state index contributed by atoms with van der Waals surface area (Å²) in [6.45, 7) is 1.80. The second-order valence-corrected chi connectivity index (χ2v) is 6.93. The number of methoxy groups -OCH3 is 2. The van der Waals surface area contributed by atoms with E-state index >= 15 is 0 Å². The number of thiocarbonyl (C=S) groups is 1. The van der Waals surface area contributed by atoms with Gasteiger partial charge in [-0.25, -0.2) is 0 Å². The number of halogens is 1. The van der Waals surface area contributed by atoms with Gasteiger partial charge in [-0.05, 0) is 43.4 Å². The number of hydrogen-bond donors (Lipinski definition) is 3. The summed E-state index contributed by atoms with van der Waals surface area (Å²) >= 11 is 11.5. The van der Waals surface area contributed by atoms with Crippen molar-refractivity contribution in [3.8, 4) is 11.5 Å². The van der Waals surface area contributed by atoms with Crippen LogP contribution >= 0.6 is 23.8 Å². The summed E-state index contributed by atoms with van der Waals surface area (Å²) < 4.78 is 10.8. The van der Waals surface area contributed by atoms with Crippen LogP contribution in [0.4, 0.5) is 5.69 Å². The average Bonchev–Trinajstić information content (AvgIpc) is 2.68. The van der Waals surface area contributed by atoms with Crippen LogP contribution < -0.4 is 25.4 Å². The van der Waals surface area contributed by atoms with Gasteiger partial charge in [0.15, 0.2) is 5.11 Å². The van der Waals surface area contributed by atoms with Crippen molar-refractivity contribution in [2.45, 2.75) is 13.0 Å². The number of rotatable bonds is 5. The van der Waals surface area contributed by atoms with Gasteiger partial charge in [-0.3, -0.25) is 4.79 Å². The summed E-state index contributed by atoms with van der Waals surface area (Å²) in [7, 11) is 3.15. The van der Waals surface area contributed by atoms with E-state index in [1.165, 1.54) is 0 Å². The first-order valence-electron chi connectivity index (χ1n) is 8.50. The normalized spacial score (nSPS) is 16.1. The summed E-state index contributed by atoms with van der Waals surface area (Å²) in [5, 5.41) is 9.92. The number of carbonyl (C=O) groups is 1. The molecule has 0 fully saturated rings. The molecule has 0 bridgehead atoms. The molecule has 1 amide bonds. The SMILES string of the molecule is COc1ccc([C@@H]2NC(=S)NC(C)=C2C(=O)Nc2ccccc2Cl)c(OC)c1. The van der Waals surface area contributed by atoms with Gasteiger partial charge in [0.25, 0.3) is 5.91 Å². The zero-order chi connectivity index (χ0) is 20.3. The Morgan fingerprint density at radius 3 is 2.61 bits per heavy atom. The second kappa shape index (κ2) is 8.50. The zero-order valence-electron chi connectivity index (χ0n) is 15.6. The molecule has 1 heterocycles. The molecule has 3 N–H and O–H groups in total. The van der Waals surface area contributed by atoms with E-state index < -0.39 is 6.04 Å². The molecule has 2 aromatic rings. The Kier molecular flexibility index (Phi) is 6.06. The molecule has 0 saturated heterocycles. The summed E-state index contributed by atoms with van der Waals surface area (Å²) in [6.07, 6.45) is 0. The van der Waals surface area contributed by atoms with Crippen molar-refractivity contribution in [2.75, 3.05) is 19.5 Å². The van der Waals surface area contributed by atoms with Crippen molar-refractivity contribution < 1.29 is 14.3 Å². The molecule has 1 atom stereocenters. The van der Waals surface area contributed by atoms with Crippen LogP contribution in [0, 0.1) is 0 Å². The zero-order valence-corrected chi connectivity index (χ0v) is 17.2. The fourth-order valence-electron chi connectivity index (χ4n) is 3.04. The van der Waals surface area contributed by atoms with Gasteiger partial charge in [-0.15, -0.1) is 0 Å². The standard InChI is InChI=1S/C20H20ClN3O3S/c1-11-17(19(25)23-15-7-5-4-6-14(15)21)18(24-20(28)22-11)13-9-8-12(26-2)10-16(13)27-3/h4-10,18H,1-3H3,(H,23,25)(H2,22,24,28)/t18-/m0/s1. The van der Waals surface area contributed by atoms with E-state index in [0.717, 1.165) is 5.56 Å². The second-order valence-electron chi connectivity index (χ2n) is 6.11. The first-order valence-corrected chi connectivity index (χ1v) is 9.29. The number of anilines is 1. The molecule has 28 heavy (non-hydrogen) atoms. The molecule has 0 spiro atoms. The number of allylic oxidation sites excluding steroid dienone is 1. The number of benzene rings is 2. The van der Waals surface area contributed by atoms with Crippen LogP contribution in [0.5, 0.6) is 11.5 Å². The summed E-state index contributed by atoms with van der Waals surface area (Å²) in [6, 6.07) is 12.0. The molecular weight excluding hydrogens is 398 g/mol. The molecule has 1 aliphatic heterocycles. The number of nitrogens with one attached hydrogen (secondary N) is 3. The van der Waals surface area contributed by atoms with Crippen LogP contribution in [-0.2, 0) is 4.79 Å². The average molecular weight is 418 g/mol. The first-order chi connectivity index (χ1) is 13.4. The molecule has 6 nitrogen and oxygen atoms in total. The Labute approximate surface area is 173 Å². The van der Waals surface area contributed by atoms with E-state index in [-0.39, 0.29) is 5.91 Å². The van der Waals surface area contributed by atoms with Crippen LogP contribution in [0.3, 0.4) is 0 Å². The lowest BCUT2D eigenvalue weighted by molar-refractivity contribution is -0.113. The topological polar surface area (TPSA) is 71.6 Å². The van der Waals surface area contributed by atoms with E-state index in [4.69, 9.17) is 33.3 Å². The quantitative estimate of drug-likeness (QED) is 0.643. The Balaban J connectivity index is 2.02. The summed E-state index contributed by atoms with van der Waals surface area (Å²) in [4.78, 5) is 13.1. The lowest BCUT2D eigenvalue weighted by atomic mass is 9.94. The van der Waals surface area contributed by atoms with Gasteiger partial charge in [0.05, 0.1) is 36.5 Å². The highest BCUT2D eigenvalue weighted by atomic mass is 35.5. The van der Waals surface area contributed by atoms with E-state index in [9.17, 15) is 4.79 Å². The molecule has 3 rings (SSSR count). The van der Waals surface area contributed by atoms with E-state index in [1.807, 2.05) is 12.1 Å². The van der Waals surface area contributed by atoms with E-state index in [2.05, 4.69) is 16.0 Å². The Bertz CT molecular complexity index is 961. The number of amides is 1. The highest BCUT2D eigenvalue weighted by molar-refractivity contribution is 7.80. The molecule has 8 heteroatoms. The molecule has 146 valence electrons. The van der Waals surface area contributed by atoms with Gasteiger partial charge in [0.1, 0.15) is 11.5 Å². The van der Waals surface area contributed by atoms with E-state index in [0.29, 0.717) is 38.6 Å². The highest BCUT2D eigenvalue weighted by Gasteiger charge is 2.32. The van der Waals surface area contributed by atoms with Gasteiger partial charge in [-0.1, -0.05) is 23.7 Å². The van der Waals surface area contributed by atoms with Gasteiger partial charge < -0.3 is 25.4 Å². The minimum atomic E-state index is -0.503. The van der Waals surface area contributed by atoms with Crippen LogP contribution in [0.2, 0.25) is 5.02 Å². The Hall–Kier alpha value is -2.77. The molecule has 0 unspecified atom stereocenters. The van der Waals surface area contributed by atoms with Gasteiger partial charge in [-0.2, -0.15) is 0 Å². The highest BCUT2D eigenvalue weighted by Crippen LogP contribution is 2.36. The molecule has 2 aromatic carbocycles. The smallest absolute Gasteiger partial charge is 0.255 e. The minimum absolute atomic E-state index is 0.295. The number of hydrogen-bond acceptors (Lipinski definition) is 4. The third-order valence-corrected chi connectivity index (χ3v) is 4.94. The molecular formula is C20H20ClN3O3S. The predicted molar refractivity (Wildman–Crippen MR) is 114 cm³/mol. The minimum Gasteiger partial charge on any atom is -0.497 e. The molecule has 0 radical (unpaired) electrons. The predicted octanol–water partition coefficient (Wildman–Crippen LogP) is 3.79. The van der Waals surface area contributed by atoms with Crippen LogP contribution in [0.25, 0.3) is 0 Å². The maximum absolute atomic E-state index is 13.1. The van der Waals surface area contributed by atoms with E-state index in [1.54, 1.807) is 51.5 Å². The third kappa shape index (κ3) is 4.05. The number of carbonyl (C=O) groups excluding carboxylic acids is 1. The third-order valence-electron chi connectivity index (χ3n) is 4.39. The molecule has 1 aliphatic rings. The van der Waals surface area contributed by atoms with Gasteiger partial charge in [0, 0.05) is 17.3 Å². The Morgan fingerprint density at radius 2 is 1.93 bits per heavy atom. The van der Waals surface area contributed by atoms with Crippen molar-refractivity contribution in [2.24, 2.45) is 0 Å². The fraction of sp³-hybridized carbons (Fsp3) is 0.200. The lowest BCUT2D eigenvalue weighted by Gasteiger charge is -2.31. The van der Waals surface area contributed by atoms with Crippen molar-refractivity contribution in [1.29, 1.82) is 0 Å². The maximum Gasteiger partial charge on any atom is 0.255 e. The lowest BCUT2D eigenvalue weighted by Crippen LogP contribution is -2.45. The number of ether oxygens (including phenoxy) is 2. The molecule has 0 aromatic heterocycles. The van der Waals surface area contributed by atoms with Crippen LogP contribution in [0.15, 0.2) is 53.7 Å². The maximum atomic E-state index is 13.1. The summed E-state index contributed by atoms with van der Waals surface area (Å²) in [5.74, 6) is 0.938. The monoisotopic (exact) mass is 417 g/mol. The fourth-order valence-corrected chi connectivity index (χ4v) is 3.49. The van der Waals surface area contributed by atoms with Crippen molar-refractivity contribution in [3.63, 3.8) is 0 Å². The number of para-hydroxylation sites is 1. The molecule has 0 saturated carbocycles.